The van der Waals surface area contributed by atoms with Crippen molar-refractivity contribution in [2.75, 3.05) is 64.2 Å². The average molecular weight is 897 g/mol. The SMILES string of the molecule is CN[C@@H](CO)C(=O)N(CCC(=O)Nc1ccc(NC(=O)CCN(C(=O)OCC2c3ccccc3-c3ccccc32)C(=O)[C@H](CO)NC)cc1)C(=O)OCC1c2ccccc2-c2ccccc21. The summed E-state index contributed by atoms with van der Waals surface area (Å²) in [5, 5.41) is 30.4. The number of rotatable bonds is 18. The Labute approximate surface area is 381 Å². The van der Waals surface area contributed by atoms with E-state index in [1.165, 1.54) is 38.4 Å². The molecule has 16 nitrogen and oxygen atoms in total. The van der Waals surface area contributed by atoms with E-state index in [0.29, 0.717) is 11.4 Å². The smallest absolute Gasteiger partial charge is 0.416 e. The van der Waals surface area contributed by atoms with Gasteiger partial charge in [0.25, 0.3) is 11.8 Å². The zero-order valence-electron chi connectivity index (χ0n) is 36.6. The lowest BCUT2D eigenvalue weighted by Crippen LogP contribution is -2.50. The van der Waals surface area contributed by atoms with Crippen LogP contribution < -0.4 is 21.3 Å². The first kappa shape index (κ1) is 46.7. The predicted octanol–water partition coefficient (Wildman–Crippen LogP) is 5.06. The fraction of sp³-hybridized carbons (Fsp3) is 0.280. The number of anilines is 2. The molecule has 16 heteroatoms. The third kappa shape index (κ3) is 10.3. The van der Waals surface area contributed by atoms with Crippen LogP contribution in [-0.4, -0.2) is 122 Å². The third-order valence-electron chi connectivity index (χ3n) is 11.9. The summed E-state index contributed by atoms with van der Waals surface area (Å²) in [5.74, 6) is -3.09. The van der Waals surface area contributed by atoms with E-state index < -0.39 is 61.1 Å². The number of fused-ring (bicyclic) bond motifs is 6. The molecule has 0 heterocycles. The minimum absolute atomic E-state index is 0.0511. The van der Waals surface area contributed by atoms with Crippen LogP contribution in [0.1, 0.15) is 46.9 Å². The molecule has 342 valence electrons. The molecule has 5 aromatic carbocycles. The Bertz CT molecular complexity index is 2310. The number of nitrogens with one attached hydrogen (secondary N) is 4. The third-order valence-corrected chi connectivity index (χ3v) is 11.9. The monoisotopic (exact) mass is 896 g/mol. The summed E-state index contributed by atoms with van der Waals surface area (Å²) in [6, 6.07) is 35.2. The van der Waals surface area contributed by atoms with Crippen LogP contribution in [0.5, 0.6) is 0 Å². The molecule has 0 aromatic heterocycles. The van der Waals surface area contributed by atoms with Gasteiger partial charge in [-0.05, 0) is 82.9 Å². The van der Waals surface area contributed by atoms with Crippen molar-refractivity contribution in [2.45, 2.75) is 36.8 Å². The number of benzene rings is 5. The van der Waals surface area contributed by atoms with E-state index in [1.54, 1.807) is 0 Å². The zero-order valence-corrected chi connectivity index (χ0v) is 36.6. The van der Waals surface area contributed by atoms with Crippen molar-refractivity contribution in [3.63, 3.8) is 0 Å². The maximum atomic E-state index is 13.5. The van der Waals surface area contributed by atoms with E-state index in [0.717, 1.165) is 54.3 Å². The molecule has 6 N–H and O–H groups in total. The average Bonchev–Trinajstić information content (AvgIpc) is 3.83. The van der Waals surface area contributed by atoms with Crippen LogP contribution in [0.15, 0.2) is 121 Å². The van der Waals surface area contributed by atoms with Crippen molar-refractivity contribution in [3.8, 4) is 22.3 Å². The highest BCUT2D eigenvalue weighted by Crippen LogP contribution is 2.45. The van der Waals surface area contributed by atoms with Gasteiger partial charge in [0.15, 0.2) is 0 Å². The van der Waals surface area contributed by atoms with Gasteiger partial charge in [-0.25, -0.2) is 19.4 Å². The van der Waals surface area contributed by atoms with Gasteiger partial charge in [-0.3, -0.25) is 19.2 Å². The molecule has 0 saturated carbocycles. The molecule has 0 fully saturated rings. The summed E-state index contributed by atoms with van der Waals surface area (Å²) in [4.78, 5) is 81.7. The first-order chi connectivity index (χ1) is 32.1. The summed E-state index contributed by atoms with van der Waals surface area (Å²) < 4.78 is 11.4. The van der Waals surface area contributed by atoms with Crippen LogP contribution in [0.2, 0.25) is 0 Å². The molecule has 6 amide bonds. The van der Waals surface area contributed by atoms with Crippen LogP contribution >= 0.6 is 0 Å². The lowest BCUT2D eigenvalue weighted by Gasteiger charge is -2.25. The molecule has 0 bridgehead atoms. The van der Waals surface area contributed by atoms with Crippen LogP contribution in [-0.2, 0) is 28.7 Å². The first-order valence-electron chi connectivity index (χ1n) is 21.6. The Morgan fingerprint density at radius 3 is 1.09 bits per heavy atom. The fourth-order valence-electron chi connectivity index (χ4n) is 8.40. The molecule has 5 aromatic rings. The van der Waals surface area contributed by atoms with Crippen molar-refractivity contribution in [1.82, 2.24) is 20.4 Å². The Morgan fingerprint density at radius 1 is 0.500 bits per heavy atom. The lowest BCUT2D eigenvalue weighted by atomic mass is 9.98. The van der Waals surface area contributed by atoms with Crippen LogP contribution in [0.4, 0.5) is 21.0 Å². The normalized spacial score (nSPS) is 13.3. The molecule has 0 spiro atoms. The van der Waals surface area contributed by atoms with E-state index in [2.05, 4.69) is 21.3 Å². The van der Waals surface area contributed by atoms with Crippen molar-refractivity contribution in [2.24, 2.45) is 0 Å². The second kappa shape index (κ2) is 21.6. The number of ether oxygens (including phenoxy) is 2. The van der Waals surface area contributed by atoms with Crippen molar-refractivity contribution in [1.29, 1.82) is 0 Å². The van der Waals surface area contributed by atoms with Gasteiger partial charge in [-0.1, -0.05) is 97.1 Å². The molecule has 2 atom stereocenters. The fourth-order valence-corrected chi connectivity index (χ4v) is 8.40. The molecule has 0 aliphatic heterocycles. The summed E-state index contributed by atoms with van der Waals surface area (Å²) in [5.41, 5.74) is 8.82. The van der Waals surface area contributed by atoms with Gasteiger partial charge >= 0.3 is 12.2 Å². The molecule has 2 aliphatic carbocycles. The van der Waals surface area contributed by atoms with Gasteiger partial charge < -0.3 is 41.0 Å². The zero-order chi connectivity index (χ0) is 46.7. The number of hydrogen-bond donors (Lipinski definition) is 6. The van der Waals surface area contributed by atoms with Crippen LogP contribution in [0, 0.1) is 0 Å². The Balaban J connectivity index is 0.922. The first-order valence-corrected chi connectivity index (χ1v) is 21.6. The quantitative estimate of drug-likeness (QED) is 0.0681. The molecule has 66 heavy (non-hydrogen) atoms. The van der Waals surface area contributed by atoms with E-state index in [9.17, 15) is 39.0 Å². The van der Waals surface area contributed by atoms with Gasteiger partial charge in [0.1, 0.15) is 25.3 Å². The summed E-state index contributed by atoms with van der Waals surface area (Å²) in [6.45, 7) is -1.96. The van der Waals surface area contributed by atoms with E-state index in [1.807, 2.05) is 97.1 Å². The number of carbonyl (C=O) groups is 6. The maximum absolute atomic E-state index is 13.5. The van der Waals surface area contributed by atoms with Gasteiger partial charge in [0, 0.05) is 49.1 Å². The van der Waals surface area contributed by atoms with Crippen LogP contribution in [0.25, 0.3) is 22.3 Å². The Morgan fingerprint density at radius 2 is 0.803 bits per heavy atom. The number of nitrogens with zero attached hydrogens (tertiary/aromatic N) is 2. The molecule has 0 unspecified atom stereocenters. The second-order valence-corrected chi connectivity index (χ2v) is 15.8. The largest absolute Gasteiger partial charge is 0.448 e. The minimum atomic E-state index is -1.11. The summed E-state index contributed by atoms with van der Waals surface area (Å²) in [6.07, 6.45) is -2.49. The molecular formula is C50H52N6O10. The van der Waals surface area contributed by atoms with Crippen molar-refractivity contribution < 1.29 is 48.5 Å². The van der Waals surface area contributed by atoms with Gasteiger partial charge in [0.2, 0.25) is 11.8 Å². The molecular weight excluding hydrogens is 845 g/mol. The lowest BCUT2D eigenvalue weighted by molar-refractivity contribution is -0.134. The highest BCUT2D eigenvalue weighted by molar-refractivity contribution is 5.98. The van der Waals surface area contributed by atoms with E-state index >= 15 is 0 Å². The summed E-state index contributed by atoms with van der Waals surface area (Å²) in [7, 11) is 2.93. The van der Waals surface area contributed by atoms with Gasteiger partial charge in [0.05, 0.1) is 13.2 Å². The van der Waals surface area contributed by atoms with Crippen LogP contribution in [0.3, 0.4) is 0 Å². The highest BCUT2D eigenvalue weighted by Gasteiger charge is 2.35. The number of likely N-dealkylation sites (N-methyl/N-ethyl adjacent to an activating group) is 2. The number of aliphatic hydroxyl groups is 2. The number of hydrogen-bond acceptors (Lipinski definition) is 12. The van der Waals surface area contributed by atoms with E-state index in [4.69, 9.17) is 9.47 Å². The molecule has 0 saturated heterocycles. The minimum Gasteiger partial charge on any atom is -0.448 e. The molecule has 0 radical (unpaired) electrons. The van der Waals surface area contributed by atoms with Crippen molar-refractivity contribution >= 4 is 47.2 Å². The van der Waals surface area contributed by atoms with Gasteiger partial charge in [-0.2, -0.15) is 0 Å². The van der Waals surface area contributed by atoms with Crippen molar-refractivity contribution in [3.05, 3.63) is 144 Å². The Hall–Kier alpha value is -7.24. The summed E-state index contributed by atoms with van der Waals surface area (Å²) >= 11 is 0. The number of imide groups is 2. The van der Waals surface area contributed by atoms with E-state index in [-0.39, 0.29) is 51.0 Å². The standard InChI is InChI=1S/C50H52N6O10/c1-51-43(27-57)47(61)55(49(63)65-29-41-37-15-7-3-11-33(37)34-12-4-8-16-38(34)41)25-23-45(59)53-31-19-21-32(22-20-31)54-46(60)24-26-56(48(62)44(28-58)52-2)50(64)66-30-42-39-17-9-5-13-35(39)36-14-6-10-18-40(36)42/h3-22,41-44,51-52,57-58H,23-30H2,1-2H3,(H,53,59)(H,54,60)/t43-,44-/m0/s1. The second-order valence-electron chi connectivity index (χ2n) is 15.8. The number of amides is 6. The maximum Gasteiger partial charge on any atom is 0.416 e. The number of carbonyl (C=O) groups excluding carboxylic acids is 6. The molecule has 7 rings (SSSR count). The highest BCUT2D eigenvalue weighted by atomic mass is 16.6. The molecule has 2 aliphatic rings. The Kier molecular flexibility index (Phi) is 15.3. The predicted molar refractivity (Wildman–Crippen MR) is 246 cm³/mol. The van der Waals surface area contributed by atoms with Gasteiger partial charge in [-0.15, -0.1) is 0 Å². The topological polar surface area (TPSA) is 216 Å². The number of aliphatic hydroxyl groups excluding tert-OH is 2.